The van der Waals surface area contributed by atoms with Gasteiger partial charge in [-0.25, -0.2) is 0 Å². The lowest BCUT2D eigenvalue weighted by molar-refractivity contribution is 0.660. The van der Waals surface area contributed by atoms with Crippen LogP contribution in [-0.2, 0) is 10.8 Å². The van der Waals surface area contributed by atoms with Gasteiger partial charge in [0.1, 0.15) is 0 Å². The van der Waals surface area contributed by atoms with Crippen molar-refractivity contribution in [2.45, 2.75) is 38.5 Å². The van der Waals surface area contributed by atoms with Crippen molar-refractivity contribution in [2.75, 3.05) is 4.90 Å². The molecule has 8 aromatic rings. The second kappa shape index (κ2) is 12.6. The van der Waals surface area contributed by atoms with Crippen LogP contribution in [0.2, 0.25) is 0 Å². The SMILES string of the molecule is CC1(C)c2ccccc2-c2ccc(N(c3ccc(-c4cccc(-c5ccccc5)c4)c(-c4ccccc4)c3)c3ccc4c(c3)C(C)(C)c3ccccc3-4)cc21. The van der Waals surface area contributed by atoms with E-state index in [0.29, 0.717) is 0 Å². The molecule has 2 aliphatic rings. The summed E-state index contributed by atoms with van der Waals surface area (Å²) in [6.07, 6.45) is 0. The first kappa shape index (κ1) is 33.2. The van der Waals surface area contributed by atoms with Crippen LogP contribution < -0.4 is 4.90 Å². The molecule has 0 aromatic heterocycles. The molecular formula is C54H43N. The highest BCUT2D eigenvalue weighted by Gasteiger charge is 2.37. The molecule has 2 aliphatic carbocycles. The van der Waals surface area contributed by atoms with Crippen LogP contribution in [0.3, 0.4) is 0 Å². The molecule has 264 valence electrons. The van der Waals surface area contributed by atoms with E-state index in [9.17, 15) is 0 Å². The molecule has 8 aromatic carbocycles. The molecule has 0 saturated carbocycles. The van der Waals surface area contributed by atoms with Crippen LogP contribution in [0.4, 0.5) is 17.1 Å². The molecule has 1 heteroatoms. The van der Waals surface area contributed by atoms with Crippen molar-refractivity contribution >= 4 is 17.1 Å². The lowest BCUT2D eigenvalue weighted by atomic mass is 9.82. The van der Waals surface area contributed by atoms with E-state index < -0.39 is 0 Å². The molecule has 55 heavy (non-hydrogen) atoms. The molecule has 0 atom stereocenters. The number of anilines is 3. The van der Waals surface area contributed by atoms with Crippen LogP contribution in [0.25, 0.3) is 55.6 Å². The van der Waals surface area contributed by atoms with Gasteiger partial charge in [0.15, 0.2) is 0 Å². The minimum absolute atomic E-state index is 0.113. The highest BCUT2D eigenvalue weighted by Crippen LogP contribution is 2.53. The Balaban J connectivity index is 1.18. The lowest BCUT2D eigenvalue weighted by Gasteiger charge is -2.30. The Morgan fingerprint density at radius 3 is 1.25 bits per heavy atom. The lowest BCUT2D eigenvalue weighted by Crippen LogP contribution is -2.18. The largest absolute Gasteiger partial charge is 0.310 e. The van der Waals surface area contributed by atoms with Gasteiger partial charge in [0.05, 0.1) is 0 Å². The Morgan fingerprint density at radius 2 is 0.691 bits per heavy atom. The number of benzene rings is 8. The highest BCUT2D eigenvalue weighted by atomic mass is 15.1. The third-order valence-corrected chi connectivity index (χ3v) is 12.3. The summed E-state index contributed by atoms with van der Waals surface area (Å²) < 4.78 is 0. The maximum absolute atomic E-state index is 2.48. The average molecular weight is 706 g/mol. The van der Waals surface area contributed by atoms with Crippen LogP contribution in [-0.4, -0.2) is 0 Å². The predicted octanol–water partition coefficient (Wildman–Crippen LogP) is 14.8. The molecule has 0 fully saturated rings. The zero-order valence-electron chi connectivity index (χ0n) is 31.8. The monoisotopic (exact) mass is 705 g/mol. The van der Waals surface area contributed by atoms with Gasteiger partial charge in [-0.05, 0) is 120 Å². The molecule has 0 unspecified atom stereocenters. The summed E-state index contributed by atoms with van der Waals surface area (Å²) in [5.41, 5.74) is 21.3. The summed E-state index contributed by atoms with van der Waals surface area (Å²) in [6.45, 7) is 9.47. The quantitative estimate of drug-likeness (QED) is 0.166. The minimum atomic E-state index is -0.113. The van der Waals surface area contributed by atoms with E-state index in [4.69, 9.17) is 0 Å². The molecule has 0 saturated heterocycles. The fourth-order valence-corrected chi connectivity index (χ4v) is 9.39. The van der Waals surface area contributed by atoms with Gasteiger partial charge in [0.25, 0.3) is 0 Å². The molecule has 0 amide bonds. The Bertz CT molecular complexity index is 2650. The normalized spacial score (nSPS) is 14.1. The Hall–Kier alpha value is -6.44. The van der Waals surface area contributed by atoms with Crippen molar-refractivity contribution in [3.05, 3.63) is 210 Å². The molecule has 0 spiro atoms. The van der Waals surface area contributed by atoms with E-state index in [2.05, 4.69) is 221 Å². The van der Waals surface area contributed by atoms with Crippen molar-refractivity contribution < 1.29 is 0 Å². The summed E-state index contributed by atoms with van der Waals surface area (Å²) in [6, 6.07) is 69.6. The van der Waals surface area contributed by atoms with E-state index >= 15 is 0 Å². The Morgan fingerprint density at radius 1 is 0.273 bits per heavy atom. The van der Waals surface area contributed by atoms with Crippen molar-refractivity contribution in [3.8, 4) is 55.6 Å². The van der Waals surface area contributed by atoms with Crippen LogP contribution in [0, 0.1) is 0 Å². The summed E-state index contributed by atoms with van der Waals surface area (Å²) in [5.74, 6) is 0. The van der Waals surface area contributed by atoms with Gasteiger partial charge in [-0.2, -0.15) is 0 Å². The zero-order valence-corrected chi connectivity index (χ0v) is 31.8. The van der Waals surface area contributed by atoms with Gasteiger partial charge in [-0.15, -0.1) is 0 Å². The maximum Gasteiger partial charge on any atom is 0.0468 e. The van der Waals surface area contributed by atoms with Crippen LogP contribution in [0.15, 0.2) is 188 Å². The third kappa shape index (κ3) is 5.29. The third-order valence-electron chi connectivity index (χ3n) is 12.3. The summed E-state index contributed by atoms with van der Waals surface area (Å²) >= 11 is 0. The molecule has 0 aliphatic heterocycles. The molecular weight excluding hydrogens is 663 g/mol. The van der Waals surface area contributed by atoms with Gasteiger partial charge in [0.2, 0.25) is 0 Å². The van der Waals surface area contributed by atoms with E-state index in [1.807, 2.05) is 0 Å². The highest BCUT2D eigenvalue weighted by molar-refractivity contribution is 5.92. The number of fused-ring (bicyclic) bond motifs is 6. The topological polar surface area (TPSA) is 3.24 Å². The van der Waals surface area contributed by atoms with E-state index in [0.717, 1.165) is 17.1 Å². The number of nitrogens with zero attached hydrogens (tertiary/aromatic N) is 1. The van der Waals surface area contributed by atoms with Gasteiger partial charge in [-0.3, -0.25) is 0 Å². The van der Waals surface area contributed by atoms with E-state index in [-0.39, 0.29) is 10.8 Å². The van der Waals surface area contributed by atoms with Crippen LogP contribution in [0.5, 0.6) is 0 Å². The Kier molecular flexibility index (Phi) is 7.58. The average Bonchev–Trinajstić information content (AvgIpc) is 3.60. The van der Waals surface area contributed by atoms with Gasteiger partial charge >= 0.3 is 0 Å². The van der Waals surface area contributed by atoms with Gasteiger partial charge in [-0.1, -0.05) is 173 Å². The van der Waals surface area contributed by atoms with Crippen molar-refractivity contribution in [3.63, 3.8) is 0 Å². The van der Waals surface area contributed by atoms with E-state index in [1.165, 1.54) is 77.9 Å². The molecule has 1 nitrogen and oxygen atoms in total. The fraction of sp³-hybridized carbons (Fsp3) is 0.111. The smallest absolute Gasteiger partial charge is 0.0468 e. The fourth-order valence-electron chi connectivity index (χ4n) is 9.39. The summed E-state index contributed by atoms with van der Waals surface area (Å²) in [4.78, 5) is 2.48. The first-order chi connectivity index (χ1) is 26.8. The van der Waals surface area contributed by atoms with Crippen LogP contribution >= 0.6 is 0 Å². The van der Waals surface area contributed by atoms with Crippen molar-refractivity contribution in [2.24, 2.45) is 0 Å². The first-order valence-electron chi connectivity index (χ1n) is 19.4. The van der Waals surface area contributed by atoms with Crippen molar-refractivity contribution in [1.82, 2.24) is 0 Å². The van der Waals surface area contributed by atoms with Crippen molar-refractivity contribution in [1.29, 1.82) is 0 Å². The maximum atomic E-state index is 2.48. The second-order valence-corrected chi connectivity index (χ2v) is 16.2. The zero-order chi connectivity index (χ0) is 37.3. The minimum Gasteiger partial charge on any atom is -0.310 e. The molecule has 0 bridgehead atoms. The number of hydrogen-bond donors (Lipinski definition) is 0. The summed E-state index contributed by atoms with van der Waals surface area (Å²) in [5, 5.41) is 0. The number of rotatable bonds is 6. The standard InChI is InChI=1S/C54H43N/c1-53(2)49-24-13-11-22-44(49)46-30-27-41(34-51(46)53)55(42-28-31-47-45-23-12-14-25-50(45)54(3,4)52(47)35-42)40-26-29-43(48(33-40)37-18-9-6-10-19-37)39-21-15-20-38(32-39)36-16-7-5-8-17-36/h5-35H,1-4H3. The number of hydrogen-bond acceptors (Lipinski definition) is 1. The summed E-state index contributed by atoms with van der Waals surface area (Å²) in [7, 11) is 0. The predicted molar refractivity (Wildman–Crippen MR) is 233 cm³/mol. The molecule has 0 radical (unpaired) electrons. The van der Waals surface area contributed by atoms with Crippen LogP contribution in [0.1, 0.15) is 49.9 Å². The van der Waals surface area contributed by atoms with E-state index in [1.54, 1.807) is 0 Å². The molecule has 10 rings (SSSR count). The van der Waals surface area contributed by atoms with Gasteiger partial charge in [0, 0.05) is 27.9 Å². The Labute approximate surface area is 325 Å². The molecule has 0 heterocycles. The molecule has 0 N–H and O–H groups in total. The first-order valence-corrected chi connectivity index (χ1v) is 19.4. The second-order valence-electron chi connectivity index (χ2n) is 16.2. The van der Waals surface area contributed by atoms with Gasteiger partial charge < -0.3 is 4.90 Å².